The molecule has 1 aromatic rings. The van der Waals surface area contributed by atoms with E-state index in [1.54, 1.807) is 12.2 Å². The molecule has 29 heavy (non-hydrogen) atoms. The second-order valence-electron chi connectivity index (χ2n) is 7.49. The third-order valence-electron chi connectivity index (χ3n) is 5.20. The number of rotatable bonds is 6. The van der Waals surface area contributed by atoms with Crippen LogP contribution in [0, 0.1) is 10.1 Å². The van der Waals surface area contributed by atoms with Gasteiger partial charge in [-0.1, -0.05) is 32.0 Å². The summed E-state index contributed by atoms with van der Waals surface area (Å²) in [4.78, 5) is 35.6. The molecule has 1 aromatic carbocycles. The van der Waals surface area contributed by atoms with Crippen LogP contribution >= 0.6 is 0 Å². The average Bonchev–Trinajstić information content (AvgIpc) is 2.88. The maximum atomic E-state index is 12.1. The average molecular weight is 394 g/mol. The maximum Gasteiger partial charge on any atom is 0.303 e. The summed E-state index contributed by atoms with van der Waals surface area (Å²) >= 11 is 0. The van der Waals surface area contributed by atoms with Crippen LogP contribution in [0.2, 0.25) is 0 Å². The molecule has 0 aromatic heterocycles. The Labute approximate surface area is 168 Å². The number of hydrogen-bond donors (Lipinski definition) is 1. The van der Waals surface area contributed by atoms with Gasteiger partial charge in [0, 0.05) is 47.5 Å². The lowest BCUT2D eigenvalue weighted by Crippen LogP contribution is -2.27. The van der Waals surface area contributed by atoms with Gasteiger partial charge in [0.15, 0.2) is 5.78 Å². The quantitative estimate of drug-likeness (QED) is 0.448. The van der Waals surface area contributed by atoms with Gasteiger partial charge in [0.2, 0.25) is 0 Å². The molecule has 0 fully saturated rings. The molecule has 0 radical (unpaired) electrons. The van der Waals surface area contributed by atoms with Crippen LogP contribution in [-0.2, 0) is 15.0 Å². The molecular weight excluding hydrogens is 372 g/mol. The Balaban J connectivity index is 2.00. The molecule has 0 bridgehead atoms. The zero-order valence-corrected chi connectivity index (χ0v) is 16.3. The summed E-state index contributed by atoms with van der Waals surface area (Å²) in [5.41, 5.74) is 2.76. The van der Waals surface area contributed by atoms with Crippen LogP contribution in [0.15, 0.2) is 71.6 Å². The van der Waals surface area contributed by atoms with Crippen molar-refractivity contribution in [2.24, 2.45) is 0 Å². The van der Waals surface area contributed by atoms with Crippen molar-refractivity contribution in [2.45, 2.75) is 32.1 Å². The summed E-state index contributed by atoms with van der Waals surface area (Å²) in [5, 5.41) is 20.0. The van der Waals surface area contributed by atoms with E-state index >= 15 is 0 Å². The van der Waals surface area contributed by atoms with Gasteiger partial charge >= 0.3 is 5.97 Å². The second-order valence-corrected chi connectivity index (χ2v) is 7.49. The van der Waals surface area contributed by atoms with Crippen molar-refractivity contribution in [3.63, 3.8) is 0 Å². The Morgan fingerprint density at radius 2 is 1.97 bits per heavy atom. The Kier molecular flexibility index (Phi) is 5.50. The highest BCUT2D eigenvalue weighted by Crippen LogP contribution is 2.47. The van der Waals surface area contributed by atoms with Crippen molar-refractivity contribution >= 4 is 17.4 Å². The number of nitrogens with zero attached hydrogens (tertiary/aromatic N) is 2. The first-order chi connectivity index (χ1) is 13.7. The van der Waals surface area contributed by atoms with E-state index in [0.29, 0.717) is 13.0 Å². The van der Waals surface area contributed by atoms with Crippen LogP contribution in [0.1, 0.15) is 32.3 Å². The van der Waals surface area contributed by atoms with E-state index in [1.165, 1.54) is 18.2 Å². The molecule has 7 nitrogen and oxygen atoms in total. The first kappa shape index (κ1) is 20.3. The van der Waals surface area contributed by atoms with Gasteiger partial charge in [0.05, 0.1) is 4.92 Å². The molecule has 1 aliphatic heterocycles. The van der Waals surface area contributed by atoms with Crippen molar-refractivity contribution in [3.05, 3.63) is 87.3 Å². The second kappa shape index (κ2) is 7.87. The molecule has 1 aliphatic carbocycles. The van der Waals surface area contributed by atoms with E-state index in [2.05, 4.69) is 18.7 Å². The standard InChI is InChI=1S/C22H22N2O5/c1-22(2)17-6-3-4-7-18(17)23(13-5-8-21(26)27)20(22)12-9-15-14-16(24(28)29)10-11-19(15)25/h3-4,6-7,9-12,14H,5,8,13H2,1-2H3,(H,26,27). The van der Waals surface area contributed by atoms with Crippen LogP contribution in [0.4, 0.5) is 5.69 Å². The number of benzene rings is 1. The summed E-state index contributed by atoms with van der Waals surface area (Å²) in [6, 6.07) is 7.92. The number of carbonyl (C=O) groups is 2. The predicted molar refractivity (Wildman–Crippen MR) is 109 cm³/mol. The number of ketones is 1. The monoisotopic (exact) mass is 394 g/mol. The summed E-state index contributed by atoms with van der Waals surface area (Å²) in [6.45, 7) is 4.65. The van der Waals surface area contributed by atoms with Gasteiger partial charge < -0.3 is 10.0 Å². The number of carboxylic acids is 1. The summed E-state index contributed by atoms with van der Waals surface area (Å²) in [5.74, 6) is -1.14. The number of para-hydroxylation sites is 1. The van der Waals surface area contributed by atoms with E-state index in [4.69, 9.17) is 5.11 Å². The van der Waals surface area contributed by atoms with Crippen LogP contribution in [0.25, 0.3) is 0 Å². The molecule has 0 atom stereocenters. The third-order valence-corrected chi connectivity index (χ3v) is 5.20. The molecular formula is C22H22N2O5. The molecule has 0 spiro atoms. The van der Waals surface area contributed by atoms with Gasteiger partial charge in [-0.2, -0.15) is 0 Å². The Morgan fingerprint density at radius 1 is 1.24 bits per heavy atom. The van der Waals surface area contributed by atoms with Crippen LogP contribution < -0.4 is 4.90 Å². The van der Waals surface area contributed by atoms with Crippen LogP contribution in [0.3, 0.4) is 0 Å². The fourth-order valence-corrected chi connectivity index (χ4v) is 3.72. The van der Waals surface area contributed by atoms with Crippen LogP contribution in [-0.4, -0.2) is 28.3 Å². The van der Waals surface area contributed by atoms with Crippen molar-refractivity contribution in [1.82, 2.24) is 0 Å². The number of hydrogen-bond acceptors (Lipinski definition) is 5. The van der Waals surface area contributed by atoms with Gasteiger partial charge in [-0.25, -0.2) is 0 Å². The summed E-state index contributed by atoms with van der Waals surface area (Å²) < 4.78 is 0. The molecule has 3 rings (SSSR count). The lowest BCUT2D eigenvalue weighted by Gasteiger charge is -2.27. The summed E-state index contributed by atoms with van der Waals surface area (Å²) in [6.07, 6.45) is 7.60. The fraction of sp³-hybridized carbons (Fsp3) is 0.273. The molecule has 0 saturated carbocycles. The lowest BCUT2D eigenvalue weighted by molar-refractivity contribution is -0.419. The molecule has 0 amide bonds. The van der Waals surface area contributed by atoms with Crippen molar-refractivity contribution in [1.29, 1.82) is 0 Å². The molecule has 1 heterocycles. The molecule has 150 valence electrons. The predicted octanol–water partition coefficient (Wildman–Crippen LogP) is 3.76. The highest BCUT2D eigenvalue weighted by Gasteiger charge is 2.39. The van der Waals surface area contributed by atoms with Crippen molar-refractivity contribution < 1.29 is 19.6 Å². The first-order valence-corrected chi connectivity index (χ1v) is 9.31. The molecule has 1 N–H and O–H groups in total. The number of carbonyl (C=O) groups excluding carboxylic acids is 1. The minimum Gasteiger partial charge on any atom is -0.481 e. The van der Waals surface area contributed by atoms with Gasteiger partial charge in [0.25, 0.3) is 5.70 Å². The Hall–Kier alpha value is -3.48. The normalized spacial score (nSPS) is 20.1. The summed E-state index contributed by atoms with van der Waals surface area (Å²) in [7, 11) is 0. The molecule has 0 saturated heterocycles. The molecule has 7 heteroatoms. The topological polar surface area (TPSA) is 101 Å². The largest absolute Gasteiger partial charge is 0.481 e. The third kappa shape index (κ3) is 4.03. The zero-order chi connectivity index (χ0) is 21.2. The zero-order valence-electron chi connectivity index (χ0n) is 16.3. The van der Waals surface area contributed by atoms with Gasteiger partial charge in [-0.05, 0) is 36.3 Å². The highest BCUT2D eigenvalue weighted by atomic mass is 16.6. The SMILES string of the molecule is CC1(C)C(=CC=C2C=C([N+](=O)[O-])C=CC2=O)N(CCCC(=O)O)c2ccccc21. The number of aliphatic carboxylic acids is 1. The number of anilines is 1. The lowest BCUT2D eigenvalue weighted by atomic mass is 9.83. The van der Waals surface area contributed by atoms with E-state index in [9.17, 15) is 19.7 Å². The number of allylic oxidation sites excluding steroid dienone is 7. The van der Waals surface area contributed by atoms with E-state index in [0.717, 1.165) is 16.9 Å². The number of fused-ring (bicyclic) bond motifs is 1. The highest BCUT2D eigenvalue weighted by molar-refractivity contribution is 6.07. The Morgan fingerprint density at radius 3 is 2.66 bits per heavy atom. The van der Waals surface area contributed by atoms with Gasteiger partial charge in [0.1, 0.15) is 0 Å². The Bertz CT molecular complexity index is 998. The number of carboxylic acid groups (broad SMARTS) is 1. The van der Waals surface area contributed by atoms with E-state index in [1.807, 2.05) is 24.3 Å². The van der Waals surface area contributed by atoms with E-state index < -0.39 is 10.9 Å². The van der Waals surface area contributed by atoms with E-state index in [-0.39, 0.29) is 28.9 Å². The maximum absolute atomic E-state index is 12.1. The smallest absolute Gasteiger partial charge is 0.303 e. The minimum atomic E-state index is -0.846. The van der Waals surface area contributed by atoms with Gasteiger partial charge in [-0.15, -0.1) is 0 Å². The number of nitro groups is 1. The van der Waals surface area contributed by atoms with Gasteiger partial charge in [-0.3, -0.25) is 19.7 Å². The minimum absolute atomic E-state index is 0.0612. The van der Waals surface area contributed by atoms with Crippen molar-refractivity contribution in [3.8, 4) is 0 Å². The van der Waals surface area contributed by atoms with Crippen LogP contribution in [0.5, 0.6) is 0 Å². The first-order valence-electron chi connectivity index (χ1n) is 9.31. The molecule has 2 aliphatic rings. The molecule has 0 unspecified atom stereocenters. The van der Waals surface area contributed by atoms with Crippen molar-refractivity contribution in [2.75, 3.05) is 11.4 Å². The fourth-order valence-electron chi connectivity index (χ4n) is 3.72.